The van der Waals surface area contributed by atoms with E-state index in [0.717, 1.165) is 5.56 Å². The van der Waals surface area contributed by atoms with E-state index in [1.54, 1.807) is 24.4 Å². The first-order valence-corrected chi connectivity index (χ1v) is 8.14. The predicted octanol–water partition coefficient (Wildman–Crippen LogP) is 4.80. The molecule has 7 nitrogen and oxygen atoms in total. The third-order valence-corrected chi connectivity index (χ3v) is 3.60. The van der Waals surface area contributed by atoms with Crippen LogP contribution in [0.25, 0.3) is 0 Å². The molecule has 0 aliphatic carbocycles. The molecule has 2 amide bonds. The summed E-state index contributed by atoms with van der Waals surface area (Å²) in [6.07, 6.45) is 2.98. The zero-order chi connectivity index (χ0) is 18.6. The van der Waals surface area contributed by atoms with Gasteiger partial charge in [0.15, 0.2) is 5.82 Å². The lowest BCUT2D eigenvalue weighted by molar-refractivity contribution is 0.261. The summed E-state index contributed by atoms with van der Waals surface area (Å²) in [5.41, 5.74) is 1.39. The number of carbonyl (C=O) groups excluding carboxylic acids is 1. The second-order valence-electron chi connectivity index (χ2n) is 6.67. The molecule has 2 aromatic heterocycles. The molecule has 26 heavy (non-hydrogen) atoms. The normalized spacial score (nSPS) is 11.0. The topological polar surface area (TPSA) is 89.3 Å². The maximum absolute atomic E-state index is 12.1. The Bertz CT molecular complexity index is 886. The van der Waals surface area contributed by atoms with Gasteiger partial charge in [0.2, 0.25) is 5.88 Å². The summed E-state index contributed by atoms with van der Waals surface area (Å²) in [6.45, 7) is 6.33. The van der Waals surface area contributed by atoms with E-state index >= 15 is 0 Å². The number of ether oxygens (including phenoxy) is 1. The summed E-state index contributed by atoms with van der Waals surface area (Å²) in [7, 11) is 0. The number of hydrogen-bond acceptors (Lipinski definition) is 5. The summed E-state index contributed by atoms with van der Waals surface area (Å²) in [5.74, 6) is 1.31. The smallest absolute Gasteiger partial charge is 0.325 e. The molecular weight excluding hydrogens is 332 g/mol. The van der Waals surface area contributed by atoms with Gasteiger partial charge >= 0.3 is 6.03 Å². The van der Waals surface area contributed by atoms with Crippen molar-refractivity contribution >= 4 is 17.5 Å². The lowest BCUT2D eigenvalue weighted by atomic mass is 9.86. The van der Waals surface area contributed by atoms with Crippen LogP contribution < -0.4 is 15.4 Å². The number of carbonyl (C=O) groups is 1. The lowest BCUT2D eigenvalue weighted by Crippen LogP contribution is -2.20. The Morgan fingerprint density at radius 2 is 1.88 bits per heavy atom. The van der Waals surface area contributed by atoms with Crippen molar-refractivity contribution in [3.8, 4) is 11.6 Å². The van der Waals surface area contributed by atoms with Crippen molar-refractivity contribution in [2.45, 2.75) is 26.2 Å². The van der Waals surface area contributed by atoms with Crippen molar-refractivity contribution in [1.82, 2.24) is 10.1 Å². The van der Waals surface area contributed by atoms with Crippen molar-refractivity contribution in [1.29, 1.82) is 0 Å². The van der Waals surface area contributed by atoms with E-state index in [1.165, 1.54) is 6.26 Å². The van der Waals surface area contributed by atoms with Gasteiger partial charge < -0.3 is 14.6 Å². The fourth-order valence-corrected chi connectivity index (χ4v) is 2.39. The fourth-order valence-electron chi connectivity index (χ4n) is 2.39. The average Bonchev–Trinajstić information content (AvgIpc) is 3.09. The number of anilines is 2. The van der Waals surface area contributed by atoms with Gasteiger partial charge in [-0.1, -0.05) is 44.1 Å². The molecule has 0 atom stereocenters. The van der Waals surface area contributed by atoms with Crippen LogP contribution in [-0.4, -0.2) is 16.2 Å². The molecule has 0 unspecified atom stereocenters. The van der Waals surface area contributed by atoms with Crippen LogP contribution in [0.5, 0.6) is 11.6 Å². The number of nitrogens with one attached hydrogen (secondary N) is 2. The molecule has 0 saturated heterocycles. The standard InChI is InChI=1S/C19H20N4O3/c1-19(2,3)13-7-4-5-9-15(13)26-17-14(8-6-11-20-17)21-18(24)22-16-10-12-25-23-16/h4-12H,1-3H3,(H2,21,22,23,24). The van der Waals surface area contributed by atoms with Crippen LogP contribution in [0, 0.1) is 0 Å². The van der Waals surface area contributed by atoms with Gasteiger partial charge in [-0.15, -0.1) is 0 Å². The molecule has 0 bridgehead atoms. The van der Waals surface area contributed by atoms with Gasteiger partial charge in [0, 0.05) is 17.8 Å². The summed E-state index contributed by atoms with van der Waals surface area (Å²) in [4.78, 5) is 16.4. The molecule has 0 radical (unpaired) electrons. The number of para-hydroxylation sites is 1. The predicted molar refractivity (Wildman–Crippen MR) is 98.6 cm³/mol. The highest BCUT2D eigenvalue weighted by atomic mass is 16.5. The number of urea groups is 1. The van der Waals surface area contributed by atoms with Crippen LogP contribution in [0.4, 0.5) is 16.3 Å². The number of aromatic nitrogens is 2. The van der Waals surface area contributed by atoms with Crippen LogP contribution in [0.1, 0.15) is 26.3 Å². The van der Waals surface area contributed by atoms with Gasteiger partial charge in [0.1, 0.15) is 17.7 Å². The Morgan fingerprint density at radius 3 is 2.62 bits per heavy atom. The fraction of sp³-hybridized carbons (Fsp3) is 0.211. The molecular formula is C19H20N4O3. The monoisotopic (exact) mass is 352 g/mol. The minimum Gasteiger partial charge on any atom is -0.437 e. The first-order valence-electron chi connectivity index (χ1n) is 8.14. The van der Waals surface area contributed by atoms with Crippen molar-refractivity contribution in [3.05, 3.63) is 60.5 Å². The minimum atomic E-state index is -0.471. The molecule has 0 aliphatic heterocycles. The molecule has 7 heteroatoms. The van der Waals surface area contributed by atoms with E-state index in [0.29, 0.717) is 23.1 Å². The highest BCUT2D eigenvalue weighted by molar-refractivity contribution is 5.99. The Morgan fingerprint density at radius 1 is 1.08 bits per heavy atom. The molecule has 3 rings (SSSR count). The highest BCUT2D eigenvalue weighted by Gasteiger charge is 2.20. The number of rotatable bonds is 4. The maximum Gasteiger partial charge on any atom is 0.325 e. The lowest BCUT2D eigenvalue weighted by Gasteiger charge is -2.22. The number of benzene rings is 1. The number of hydrogen-bond donors (Lipinski definition) is 2. The van der Waals surface area contributed by atoms with E-state index in [1.807, 2.05) is 24.3 Å². The largest absolute Gasteiger partial charge is 0.437 e. The molecule has 0 fully saturated rings. The van der Waals surface area contributed by atoms with Gasteiger partial charge in [-0.25, -0.2) is 9.78 Å². The zero-order valence-electron chi connectivity index (χ0n) is 14.8. The Kier molecular flexibility index (Phi) is 4.88. The van der Waals surface area contributed by atoms with Crippen LogP contribution in [0.15, 0.2) is 59.4 Å². The first-order chi connectivity index (χ1) is 12.4. The van der Waals surface area contributed by atoms with Crippen LogP contribution in [0.3, 0.4) is 0 Å². The van der Waals surface area contributed by atoms with E-state index in [9.17, 15) is 4.79 Å². The van der Waals surface area contributed by atoms with Gasteiger partial charge in [-0.3, -0.25) is 5.32 Å². The third-order valence-electron chi connectivity index (χ3n) is 3.60. The number of nitrogens with zero attached hydrogens (tertiary/aromatic N) is 2. The molecule has 3 aromatic rings. The molecule has 0 aliphatic rings. The third kappa shape index (κ3) is 4.18. The van der Waals surface area contributed by atoms with Gasteiger partial charge in [-0.05, 0) is 23.6 Å². The van der Waals surface area contributed by atoms with Crippen LogP contribution in [0.2, 0.25) is 0 Å². The second kappa shape index (κ2) is 7.26. The molecule has 2 heterocycles. The zero-order valence-corrected chi connectivity index (χ0v) is 14.8. The SMILES string of the molecule is CC(C)(C)c1ccccc1Oc1ncccc1NC(=O)Nc1ccon1. The van der Waals surface area contributed by atoms with E-state index in [2.05, 4.69) is 46.1 Å². The summed E-state index contributed by atoms with van der Waals surface area (Å²) in [5, 5.41) is 8.90. The molecule has 0 saturated carbocycles. The minimum absolute atomic E-state index is 0.0940. The Hall–Kier alpha value is -3.35. The first kappa shape index (κ1) is 17.5. The van der Waals surface area contributed by atoms with E-state index in [4.69, 9.17) is 4.74 Å². The van der Waals surface area contributed by atoms with Crippen LogP contribution in [-0.2, 0) is 5.41 Å². The van der Waals surface area contributed by atoms with Gasteiger partial charge in [0.05, 0.1) is 0 Å². The molecule has 0 spiro atoms. The maximum atomic E-state index is 12.1. The van der Waals surface area contributed by atoms with Gasteiger partial charge in [0.25, 0.3) is 0 Å². The molecule has 2 N–H and O–H groups in total. The van der Waals surface area contributed by atoms with Crippen molar-refractivity contribution in [2.24, 2.45) is 0 Å². The summed E-state index contributed by atoms with van der Waals surface area (Å²) in [6, 6.07) is 12.3. The second-order valence-corrected chi connectivity index (χ2v) is 6.67. The molecule has 1 aromatic carbocycles. The number of amides is 2. The highest BCUT2D eigenvalue weighted by Crippen LogP contribution is 2.35. The summed E-state index contributed by atoms with van der Waals surface area (Å²) >= 11 is 0. The Balaban J connectivity index is 1.81. The van der Waals surface area contributed by atoms with E-state index in [-0.39, 0.29) is 5.41 Å². The Labute approximate surface area is 151 Å². The quantitative estimate of drug-likeness (QED) is 0.704. The average molecular weight is 352 g/mol. The van der Waals surface area contributed by atoms with Gasteiger partial charge in [-0.2, -0.15) is 0 Å². The number of pyridine rings is 1. The van der Waals surface area contributed by atoms with Crippen molar-refractivity contribution < 1.29 is 14.1 Å². The summed E-state index contributed by atoms with van der Waals surface area (Å²) < 4.78 is 10.7. The van der Waals surface area contributed by atoms with Crippen molar-refractivity contribution in [2.75, 3.05) is 10.6 Å². The van der Waals surface area contributed by atoms with Crippen LogP contribution >= 0.6 is 0 Å². The van der Waals surface area contributed by atoms with Crippen molar-refractivity contribution in [3.63, 3.8) is 0 Å². The van der Waals surface area contributed by atoms with E-state index < -0.39 is 6.03 Å². The molecule has 134 valence electrons.